The fourth-order valence-corrected chi connectivity index (χ4v) is 2.31. The zero-order chi connectivity index (χ0) is 14.0. The highest BCUT2D eigenvalue weighted by molar-refractivity contribution is 9.10. The van der Waals surface area contributed by atoms with Crippen molar-refractivity contribution in [1.29, 1.82) is 0 Å². The Bertz CT molecular complexity index is 582. The molecule has 5 heteroatoms. The van der Waals surface area contributed by atoms with Crippen LogP contribution in [-0.2, 0) is 0 Å². The van der Waals surface area contributed by atoms with Gasteiger partial charge >= 0.3 is 0 Å². The van der Waals surface area contributed by atoms with E-state index in [1.54, 1.807) is 6.07 Å². The molecular formula is C14H11BrF2O2. The Morgan fingerprint density at radius 1 is 1.11 bits per heavy atom. The van der Waals surface area contributed by atoms with E-state index in [-0.39, 0.29) is 5.56 Å². The summed E-state index contributed by atoms with van der Waals surface area (Å²) in [5.41, 5.74) is 0.566. The van der Waals surface area contributed by atoms with Crippen molar-refractivity contribution < 1.29 is 18.6 Å². The van der Waals surface area contributed by atoms with Crippen molar-refractivity contribution in [3.05, 3.63) is 63.6 Å². The molecule has 0 aromatic heterocycles. The second kappa shape index (κ2) is 5.67. The lowest BCUT2D eigenvalue weighted by molar-refractivity contribution is 0.213. The molecule has 0 aliphatic carbocycles. The number of hydrogen-bond donors (Lipinski definition) is 1. The van der Waals surface area contributed by atoms with E-state index >= 15 is 0 Å². The average molecular weight is 329 g/mol. The molecule has 0 saturated carbocycles. The van der Waals surface area contributed by atoms with Crippen molar-refractivity contribution in [2.75, 3.05) is 7.11 Å². The number of hydrogen-bond acceptors (Lipinski definition) is 2. The smallest absolute Gasteiger partial charge is 0.125 e. The van der Waals surface area contributed by atoms with Crippen LogP contribution in [0.4, 0.5) is 8.78 Å². The summed E-state index contributed by atoms with van der Waals surface area (Å²) >= 11 is 3.15. The standard InChI is InChI=1S/C14H11BrF2O2/c1-19-13-3-2-10(16)7-12(13)14(18)8-4-9(15)6-11(17)5-8/h2-7,14,18H,1H3. The van der Waals surface area contributed by atoms with E-state index in [4.69, 9.17) is 4.74 Å². The first-order chi connectivity index (χ1) is 9.01. The van der Waals surface area contributed by atoms with E-state index in [1.807, 2.05) is 0 Å². The molecule has 0 radical (unpaired) electrons. The van der Waals surface area contributed by atoms with Gasteiger partial charge in [0.05, 0.1) is 7.11 Å². The van der Waals surface area contributed by atoms with Crippen molar-refractivity contribution in [1.82, 2.24) is 0 Å². The minimum Gasteiger partial charge on any atom is -0.496 e. The zero-order valence-corrected chi connectivity index (χ0v) is 11.6. The Kier molecular flexibility index (Phi) is 4.17. The first-order valence-corrected chi connectivity index (χ1v) is 6.28. The van der Waals surface area contributed by atoms with E-state index in [0.717, 1.165) is 0 Å². The van der Waals surface area contributed by atoms with Gasteiger partial charge in [-0.25, -0.2) is 8.78 Å². The van der Waals surface area contributed by atoms with Gasteiger partial charge in [-0.15, -0.1) is 0 Å². The van der Waals surface area contributed by atoms with Gasteiger partial charge in [-0.2, -0.15) is 0 Å². The molecule has 0 heterocycles. The number of aliphatic hydroxyl groups is 1. The lowest BCUT2D eigenvalue weighted by Crippen LogP contribution is -2.03. The molecule has 0 fully saturated rings. The number of aliphatic hydroxyl groups excluding tert-OH is 1. The van der Waals surface area contributed by atoms with Crippen LogP contribution in [0.1, 0.15) is 17.2 Å². The second-order valence-electron chi connectivity index (χ2n) is 3.99. The third-order valence-corrected chi connectivity index (χ3v) is 3.14. The van der Waals surface area contributed by atoms with Crippen LogP contribution in [0.2, 0.25) is 0 Å². The van der Waals surface area contributed by atoms with Crippen LogP contribution in [0.3, 0.4) is 0 Å². The molecule has 19 heavy (non-hydrogen) atoms. The Morgan fingerprint density at radius 3 is 2.47 bits per heavy atom. The molecule has 0 aliphatic heterocycles. The molecule has 2 rings (SSSR count). The number of benzene rings is 2. The first kappa shape index (κ1) is 14.0. The quantitative estimate of drug-likeness (QED) is 0.928. The predicted molar refractivity (Wildman–Crippen MR) is 71.1 cm³/mol. The lowest BCUT2D eigenvalue weighted by atomic mass is 10.0. The second-order valence-corrected chi connectivity index (χ2v) is 4.91. The van der Waals surface area contributed by atoms with Gasteiger partial charge in [0.15, 0.2) is 0 Å². The minimum atomic E-state index is -1.17. The number of ether oxygens (including phenoxy) is 1. The highest BCUT2D eigenvalue weighted by Gasteiger charge is 2.17. The Balaban J connectivity index is 2.48. The van der Waals surface area contributed by atoms with Gasteiger partial charge in [-0.3, -0.25) is 0 Å². The normalized spacial score (nSPS) is 12.3. The van der Waals surface area contributed by atoms with Crippen LogP contribution in [0.5, 0.6) is 5.75 Å². The summed E-state index contributed by atoms with van der Waals surface area (Å²) in [5, 5.41) is 10.2. The molecule has 2 nitrogen and oxygen atoms in total. The van der Waals surface area contributed by atoms with Crippen molar-refractivity contribution >= 4 is 15.9 Å². The Labute approximate surface area is 117 Å². The van der Waals surface area contributed by atoms with E-state index in [0.29, 0.717) is 15.8 Å². The van der Waals surface area contributed by atoms with Gasteiger partial charge in [0, 0.05) is 10.0 Å². The van der Waals surface area contributed by atoms with E-state index in [9.17, 15) is 13.9 Å². The molecule has 1 atom stereocenters. The Hall–Kier alpha value is -1.46. The first-order valence-electron chi connectivity index (χ1n) is 5.48. The van der Waals surface area contributed by atoms with Gasteiger partial charge in [0.25, 0.3) is 0 Å². The molecule has 0 amide bonds. The van der Waals surface area contributed by atoms with Gasteiger partial charge in [-0.05, 0) is 42.0 Å². The van der Waals surface area contributed by atoms with Crippen molar-refractivity contribution in [3.8, 4) is 5.75 Å². The maximum absolute atomic E-state index is 13.3. The summed E-state index contributed by atoms with van der Waals surface area (Å²) in [6, 6.07) is 7.86. The average Bonchev–Trinajstić information content (AvgIpc) is 2.36. The summed E-state index contributed by atoms with van der Waals surface area (Å²) in [4.78, 5) is 0. The van der Waals surface area contributed by atoms with Crippen LogP contribution in [-0.4, -0.2) is 12.2 Å². The largest absolute Gasteiger partial charge is 0.496 e. The molecule has 0 bridgehead atoms. The predicted octanol–water partition coefficient (Wildman–Crippen LogP) is 3.82. The van der Waals surface area contributed by atoms with Gasteiger partial charge < -0.3 is 9.84 Å². The van der Waals surface area contributed by atoms with Crippen LogP contribution in [0, 0.1) is 11.6 Å². The molecule has 100 valence electrons. The van der Waals surface area contributed by atoms with E-state index in [2.05, 4.69) is 15.9 Å². The molecular weight excluding hydrogens is 318 g/mol. The summed E-state index contributed by atoms with van der Waals surface area (Å²) in [6.07, 6.45) is -1.17. The number of methoxy groups -OCH3 is 1. The molecule has 2 aromatic rings. The molecule has 0 spiro atoms. The van der Waals surface area contributed by atoms with Crippen molar-refractivity contribution in [2.45, 2.75) is 6.10 Å². The maximum Gasteiger partial charge on any atom is 0.125 e. The van der Waals surface area contributed by atoms with Gasteiger partial charge in [0.2, 0.25) is 0 Å². The lowest BCUT2D eigenvalue weighted by Gasteiger charge is -2.15. The fraction of sp³-hybridized carbons (Fsp3) is 0.143. The van der Waals surface area contributed by atoms with E-state index in [1.165, 1.54) is 37.4 Å². The third kappa shape index (κ3) is 3.11. The van der Waals surface area contributed by atoms with Crippen LogP contribution in [0.15, 0.2) is 40.9 Å². The Morgan fingerprint density at radius 2 is 1.84 bits per heavy atom. The summed E-state index contributed by atoms with van der Waals surface area (Å²) in [5.74, 6) is -0.640. The third-order valence-electron chi connectivity index (χ3n) is 2.69. The van der Waals surface area contributed by atoms with Crippen LogP contribution in [0.25, 0.3) is 0 Å². The topological polar surface area (TPSA) is 29.5 Å². The SMILES string of the molecule is COc1ccc(F)cc1C(O)c1cc(F)cc(Br)c1. The molecule has 1 unspecified atom stereocenters. The highest BCUT2D eigenvalue weighted by atomic mass is 79.9. The van der Waals surface area contributed by atoms with Gasteiger partial charge in [0.1, 0.15) is 23.5 Å². The number of rotatable bonds is 3. The minimum absolute atomic E-state index is 0.250. The molecule has 0 aliphatic rings. The monoisotopic (exact) mass is 328 g/mol. The van der Waals surface area contributed by atoms with E-state index < -0.39 is 17.7 Å². The van der Waals surface area contributed by atoms with Gasteiger partial charge in [-0.1, -0.05) is 15.9 Å². The fourth-order valence-electron chi connectivity index (χ4n) is 1.83. The van der Waals surface area contributed by atoms with Crippen LogP contribution >= 0.6 is 15.9 Å². The number of halogens is 3. The highest BCUT2D eigenvalue weighted by Crippen LogP contribution is 2.32. The van der Waals surface area contributed by atoms with Crippen molar-refractivity contribution in [2.24, 2.45) is 0 Å². The van der Waals surface area contributed by atoms with Crippen LogP contribution < -0.4 is 4.74 Å². The summed E-state index contributed by atoms with van der Waals surface area (Å²) < 4.78 is 32.2. The van der Waals surface area contributed by atoms with Crippen molar-refractivity contribution in [3.63, 3.8) is 0 Å². The summed E-state index contributed by atoms with van der Waals surface area (Å²) in [6.45, 7) is 0. The zero-order valence-electron chi connectivity index (χ0n) is 10.0. The summed E-state index contributed by atoms with van der Waals surface area (Å²) in [7, 11) is 1.42. The molecule has 0 saturated heterocycles. The molecule has 1 N–H and O–H groups in total. The maximum atomic E-state index is 13.3. The molecule has 2 aromatic carbocycles.